The molecule has 1 unspecified atom stereocenters. The first-order valence-corrected chi connectivity index (χ1v) is 9.21. The predicted molar refractivity (Wildman–Crippen MR) is 93.9 cm³/mol. The molecule has 0 fully saturated rings. The number of aliphatic hydroxyl groups is 2. The number of nitrogens with two attached hydrogens (primary N) is 1. The van der Waals surface area contributed by atoms with Gasteiger partial charge < -0.3 is 20.5 Å². The average Bonchev–Trinajstić information content (AvgIpc) is 2.91. The quantitative estimate of drug-likeness (QED) is 0.485. The molecular weight excluding hydrogens is 290 g/mol. The molecule has 0 aromatic carbocycles. The van der Waals surface area contributed by atoms with Crippen LogP contribution in [0.15, 0.2) is 0 Å². The zero-order chi connectivity index (χ0) is 17.1. The predicted octanol–water partition coefficient (Wildman–Crippen LogP) is 3.42. The van der Waals surface area contributed by atoms with Gasteiger partial charge in [0.1, 0.15) is 5.82 Å². The van der Waals surface area contributed by atoms with Crippen molar-refractivity contribution in [1.82, 2.24) is 9.55 Å². The van der Waals surface area contributed by atoms with Crippen molar-refractivity contribution < 1.29 is 10.2 Å². The first-order chi connectivity index (χ1) is 11.2. The average molecular weight is 325 g/mol. The van der Waals surface area contributed by atoms with Crippen LogP contribution in [-0.4, -0.2) is 19.8 Å². The van der Waals surface area contributed by atoms with Crippen molar-refractivity contribution in [3.8, 4) is 0 Å². The highest BCUT2D eigenvalue weighted by Crippen LogP contribution is 2.19. The lowest BCUT2D eigenvalue weighted by molar-refractivity contribution is 0.248. The molecule has 0 spiro atoms. The number of hydrogen-bond acceptors (Lipinski definition) is 4. The van der Waals surface area contributed by atoms with Gasteiger partial charge in [0.15, 0.2) is 0 Å². The monoisotopic (exact) mass is 325 g/mol. The van der Waals surface area contributed by atoms with E-state index in [0.29, 0.717) is 11.4 Å². The van der Waals surface area contributed by atoms with Gasteiger partial charge in [0.2, 0.25) is 0 Å². The zero-order valence-electron chi connectivity index (χ0n) is 14.9. The molecule has 1 heterocycles. The van der Waals surface area contributed by atoms with Gasteiger partial charge in [0.25, 0.3) is 0 Å². The van der Waals surface area contributed by atoms with Crippen LogP contribution in [-0.2, 0) is 19.6 Å². The topological polar surface area (TPSA) is 84.3 Å². The van der Waals surface area contributed by atoms with E-state index in [1.54, 1.807) is 0 Å². The third-order valence-corrected chi connectivity index (χ3v) is 4.38. The van der Waals surface area contributed by atoms with Crippen molar-refractivity contribution in [3.05, 3.63) is 17.2 Å². The Balaban J connectivity index is 2.36. The summed E-state index contributed by atoms with van der Waals surface area (Å²) >= 11 is 0. The highest BCUT2D eigenvalue weighted by atomic mass is 16.3. The Morgan fingerprint density at radius 2 is 1.52 bits per heavy atom. The summed E-state index contributed by atoms with van der Waals surface area (Å²) < 4.78 is 1.87. The molecule has 1 atom stereocenters. The van der Waals surface area contributed by atoms with Gasteiger partial charge in [-0.15, -0.1) is 0 Å². The Labute approximate surface area is 140 Å². The maximum Gasteiger partial charge on any atom is 0.110 e. The Morgan fingerprint density at radius 1 is 0.957 bits per heavy atom. The Hall–Kier alpha value is -0.910. The van der Waals surface area contributed by atoms with Gasteiger partial charge in [-0.05, 0) is 13.3 Å². The molecule has 0 radical (unpaired) electrons. The number of unbranched alkanes of at least 4 members (excludes halogenated alkanes) is 8. The van der Waals surface area contributed by atoms with Crippen LogP contribution in [0.5, 0.6) is 0 Å². The van der Waals surface area contributed by atoms with Gasteiger partial charge in [0, 0.05) is 6.42 Å². The third-order valence-electron chi connectivity index (χ3n) is 4.38. The maximum atomic E-state index is 9.50. The van der Waals surface area contributed by atoms with E-state index in [9.17, 15) is 10.2 Å². The van der Waals surface area contributed by atoms with Gasteiger partial charge in [-0.25, -0.2) is 4.98 Å². The SMILES string of the molecule is CCCCCCCCCCCc1nc(CO)c(CO)n1C(C)N. The molecule has 0 aliphatic carbocycles. The standard InChI is InChI=1S/C18H35N3O2/c1-3-4-5-6-7-8-9-10-11-12-18-20-16(13-22)17(14-23)21(18)15(2)19/h15,22-23H,3-14,19H2,1-2H3. The molecular formula is C18H35N3O2. The van der Waals surface area contributed by atoms with E-state index in [1.165, 1.54) is 51.4 Å². The summed E-state index contributed by atoms with van der Waals surface area (Å²) in [5, 5.41) is 18.9. The Morgan fingerprint density at radius 3 is 2.00 bits per heavy atom. The van der Waals surface area contributed by atoms with Gasteiger partial charge >= 0.3 is 0 Å². The number of aromatic nitrogens is 2. The fourth-order valence-electron chi connectivity index (χ4n) is 3.11. The number of aryl methyl sites for hydroxylation is 1. The maximum absolute atomic E-state index is 9.50. The smallest absolute Gasteiger partial charge is 0.110 e. The van der Waals surface area contributed by atoms with Crippen LogP contribution in [0.2, 0.25) is 0 Å². The van der Waals surface area contributed by atoms with Crippen molar-refractivity contribution in [1.29, 1.82) is 0 Å². The largest absolute Gasteiger partial charge is 0.390 e. The molecule has 0 saturated heterocycles. The molecule has 1 aromatic heterocycles. The molecule has 1 rings (SSSR count). The Kier molecular flexibility index (Phi) is 10.2. The molecule has 0 amide bonds. The molecule has 134 valence electrons. The third kappa shape index (κ3) is 6.61. The minimum absolute atomic E-state index is 0.137. The lowest BCUT2D eigenvalue weighted by Gasteiger charge is -2.15. The van der Waals surface area contributed by atoms with Gasteiger partial charge in [0.05, 0.1) is 30.8 Å². The van der Waals surface area contributed by atoms with E-state index in [0.717, 1.165) is 18.7 Å². The van der Waals surface area contributed by atoms with Crippen LogP contribution in [0, 0.1) is 0 Å². The van der Waals surface area contributed by atoms with Crippen LogP contribution >= 0.6 is 0 Å². The van der Waals surface area contributed by atoms with Crippen LogP contribution in [0.1, 0.15) is 95.0 Å². The van der Waals surface area contributed by atoms with Crippen LogP contribution in [0.25, 0.3) is 0 Å². The number of imidazole rings is 1. The first kappa shape index (κ1) is 20.1. The lowest BCUT2D eigenvalue weighted by atomic mass is 10.1. The summed E-state index contributed by atoms with van der Waals surface area (Å²) in [6.45, 7) is 3.83. The van der Waals surface area contributed by atoms with E-state index in [4.69, 9.17) is 5.73 Å². The fraction of sp³-hybridized carbons (Fsp3) is 0.833. The van der Waals surface area contributed by atoms with Crippen molar-refractivity contribution in [2.24, 2.45) is 5.73 Å². The summed E-state index contributed by atoms with van der Waals surface area (Å²) in [5.74, 6) is 0.885. The summed E-state index contributed by atoms with van der Waals surface area (Å²) in [4.78, 5) is 4.46. The summed E-state index contributed by atoms with van der Waals surface area (Å²) in [7, 11) is 0. The molecule has 23 heavy (non-hydrogen) atoms. The van der Waals surface area contributed by atoms with Crippen LogP contribution in [0.3, 0.4) is 0 Å². The number of aliphatic hydroxyl groups excluding tert-OH is 2. The molecule has 5 nitrogen and oxygen atoms in total. The number of rotatable bonds is 13. The Bertz CT molecular complexity index is 430. The van der Waals surface area contributed by atoms with Gasteiger partial charge in [-0.1, -0.05) is 58.3 Å². The molecule has 4 N–H and O–H groups in total. The van der Waals surface area contributed by atoms with E-state index in [1.807, 2.05) is 11.5 Å². The molecule has 0 bridgehead atoms. The molecule has 0 aliphatic rings. The first-order valence-electron chi connectivity index (χ1n) is 9.21. The minimum Gasteiger partial charge on any atom is -0.390 e. The summed E-state index contributed by atoms with van der Waals surface area (Å²) in [6.07, 6.45) is 12.2. The second kappa shape index (κ2) is 11.6. The van der Waals surface area contributed by atoms with Crippen molar-refractivity contribution >= 4 is 0 Å². The minimum atomic E-state index is -0.237. The summed E-state index contributed by atoms with van der Waals surface area (Å²) in [6, 6.07) is 0. The van der Waals surface area contributed by atoms with Crippen LogP contribution < -0.4 is 5.73 Å². The van der Waals surface area contributed by atoms with Crippen molar-refractivity contribution in [2.75, 3.05) is 0 Å². The highest BCUT2D eigenvalue weighted by molar-refractivity contribution is 5.17. The second-order valence-corrected chi connectivity index (χ2v) is 6.43. The lowest BCUT2D eigenvalue weighted by Crippen LogP contribution is -2.20. The molecule has 5 heteroatoms. The number of hydrogen-bond donors (Lipinski definition) is 3. The van der Waals surface area contributed by atoms with Crippen LogP contribution in [0.4, 0.5) is 0 Å². The van der Waals surface area contributed by atoms with Gasteiger partial charge in [-0.2, -0.15) is 0 Å². The van der Waals surface area contributed by atoms with E-state index < -0.39 is 0 Å². The van der Waals surface area contributed by atoms with E-state index >= 15 is 0 Å². The van der Waals surface area contributed by atoms with Crippen molar-refractivity contribution in [2.45, 2.75) is 97.4 Å². The normalized spacial score (nSPS) is 12.7. The van der Waals surface area contributed by atoms with Crippen molar-refractivity contribution in [3.63, 3.8) is 0 Å². The molecule has 1 aromatic rings. The highest BCUT2D eigenvalue weighted by Gasteiger charge is 2.17. The molecule has 0 saturated carbocycles. The second-order valence-electron chi connectivity index (χ2n) is 6.43. The number of nitrogens with zero attached hydrogens (tertiary/aromatic N) is 2. The molecule has 0 aliphatic heterocycles. The fourth-order valence-corrected chi connectivity index (χ4v) is 3.11. The van der Waals surface area contributed by atoms with Gasteiger partial charge in [-0.3, -0.25) is 0 Å². The summed E-state index contributed by atoms with van der Waals surface area (Å²) in [5.41, 5.74) is 7.20. The van der Waals surface area contributed by atoms with E-state index in [-0.39, 0.29) is 19.4 Å². The zero-order valence-corrected chi connectivity index (χ0v) is 14.9. The van der Waals surface area contributed by atoms with E-state index in [2.05, 4.69) is 11.9 Å².